The van der Waals surface area contributed by atoms with E-state index in [4.69, 9.17) is 9.47 Å². The standard InChI is InChI=1S/C26H45N3O6/c1-16-20(28-24(33)35-25(2,3)4)23(32)29-14-18-19(26(18,5)6)21(29)22(31)27-17(15-30)12-10-8-7-9-11-13-34-16/h16-21,30H,7-15H2,1-6H3,(H,27,31)(H,28,33)/t16-,17-,18-,19-,20-,21-/m0/s1. The summed E-state index contributed by atoms with van der Waals surface area (Å²) in [6.07, 6.45) is 4.28. The zero-order valence-corrected chi connectivity index (χ0v) is 22.3. The van der Waals surface area contributed by atoms with Gasteiger partial charge in [0.2, 0.25) is 11.8 Å². The third-order valence-corrected chi connectivity index (χ3v) is 7.81. The van der Waals surface area contributed by atoms with Crippen LogP contribution in [0, 0.1) is 17.3 Å². The molecule has 1 aliphatic carbocycles. The number of fused-ring (bicyclic) bond motifs is 3. The smallest absolute Gasteiger partial charge is 0.408 e. The molecular formula is C26H45N3O6. The summed E-state index contributed by atoms with van der Waals surface area (Å²) in [5, 5.41) is 15.6. The van der Waals surface area contributed by atoms with Crippen molar-refractivity contribution in [3.8, 4) is 0 Å². The zero-order chi connectivity index (χ0) is 26.0. The van der Waals surface area contributed by atoms with E-state index in [0.29, 0.717) is 19.6 Å². The lowest BCUT2D eigenvalue weighted by Gasteiger charge is -2.35. The molecule has 200 valence electrons. The monoisotopic (exact) mass is 495 g/mol. The lowest BCUT2D eigenvalue weighted by molar-refractivity contribution is -0.145. The third kappa shape index (κ3) is 6.67. The Bertz CT molecular complexity index is 780. The third-order valence-electron chi connectivity index (χ3n) is 7.81. The molecule has 0 aromatic heterocycles. The van der Waals surface area contributed by atoms with Crippen molar-refractivity contribution in [2.75, 3.05) is 19.8 Å². The fourth-order valence-corrected chi connectivity index (χ4v) is 5.69. The molecule has 0 aromatic carbocycles. The number of nitrogens with one attached hydrogen (secondary N) is 2. The molecule has 0 bridgehead atoms. The minimum Gasteiger partial charge on any atom is -0.444 e. The number of aliphatic hydroxyl groups excluding tert-OH is 1. The molecule has 9 heteroatoms. The molecule has 0 spiro atoms. The molecule has 3 fully saturated rings. The summed E-state index contributed by atoms with van der Waals surface area (Å²) in [4.78, 5) is 41.6. The van der Waals surface area contributed by atoms with E-state index >= 15 is 0 Å². The summed E-state index contributed by atoms with van der Waals surface area (Å²) in [5.74, 6) is -0.301. The van der Waals surface area contributed by atoms with Crippen LogP contribution in [0.4, 0.5) is 4.79 Å². The molecule has 3 N–H and O–H groups in total. The van der Waals surface area contributed by atoms with E-state index in [1.165, 1.54) is 0 Å². The number of aliphatic hydroxyl groups is 1. The molecule has 2 heterocycles. The molecule has 6 atom stereocenters. The second-order valence-corrected chi connectivity index (χ2v) is 12.0. The molecule has 2 aliphatic heterocycles. The minimum atomic E-state index is -0.970. The van der Waals surface area contributed by atoms with Gasteiger partial charge in [0, 0.05) is 13.2 Å². The van der Waals surface area contributed by atoms with Crippen LogP contribution < -0.4 is 10.6 Å². The highest BCUT2D eigenvalue weighted by atomic mass is 16.6. The van der Waals surface area contributed by atoms with Gasteiger partial charge in [-0.25, -0.2) is 4.79 Å². The second-order valence-electron chi connectivity index (χ2n) is 12.0. The molecule has 0 aromatic rings. The lowest BCUT2D eigenvalue weighted by Crippen LogP contribution is -2.60. The van der Waals surface area contributed by atoms with Gasteiger partial charge in [-0.15, -0.1) is 0 Å². The van der Waals surface area contributed by atoms with Crippen LogP contribution in [0.5, 0.6) is 0 Å². The van der Waals surface area contributed by atoms with Crippen molar-refractivity contribution < 1.29 is 29.0 Å². The number of nitrogens with zero attached hydrogens (tertiary/aromatic N) is 1. The van der Waals surface area contributed by atoms with Crippen LogP contribution in [-0.2, 0) is 19.1 Å². The predicted octanol–water partition coefficient (Wildman–Crippen LogP) is 2.60. The fourth-order valence-electron chi connectivity index (χ4n) is 5.69. The number of hydrogen-bond donors (Lipinski definition) is 3. The number of carbonyl (C=O) groups excluding carboxylic acids is 3. The Morgan fingerprint density at radius 2 is 1.86 bits per heavy atom. The topological polar surface area (TPSA) is 117 Å². The first kappa shape index (κ1) is 27.7. The maximum Gasteiger partial charge on any atom is 0.408 e. The molecular weight excluding hydrogens is 450 g/mol. The number of amides is 3. The second kappa shape index (κ2) is 11.0. The number of ether oxygens (including phenoxy) is 2. The van der Waals surface area contributed by atoms with E-state index in [9.17, 15) is 19.5 Å². The summed E-state index contributed by atoms with van der Waals surface area (Å²) in [7, 11) is 0. The number of rotatable bonds is 2. The quantitative estimate of drug-likeness (QED) is 0.542. The molecule has 9 nitrogen and oxygen atoms in total. The van der Waals surface area contributed by atoms with Gasteiger partial charge < -0.3 is 30.1 Å². The normalized spacial score (nSPS) is 34.4. The van der Waals surface area contributed by atoms with E-state index < -0.39 is 29.9 Å². The molecule has 2 saturated heterocycles. The highest BCUT2D eigenvalue weighted by Crippen LogP contribution is 2.64. The highest BCUT2D eigenvalue weighted by Gasteiger charge is 2.69. The SMILES string of the molecule is C[C@@H]1OCCCCCCC[C@@H](CO)NC(=O)[C@@H]2[C@@H]3[C@H](CN2C(=O)[C@H]1NC(=O)OC(C)(C)C)C3(C)C. The average Bonchev–Trinajstić information content (AvgIpc) is 3.09. The van der Waals surface area contributed by atoms with Gasteiger partial charge in [-0.05, 0) is 57.8 Å². The minimum absolute atomic E-state index is 0.0372. The van der Waals surface area contributed by atoms with Gasteiger partial charge in [-0.1, -0.05) is 39.5 Å². The number of carbonyl (C=O) groups is 3. The van der Waals surface area contributed by atoms with Gasteiger partial charge in [0.1, 0.15) is 17.7 Å². The maximum atomic E-state index is 13.9. The van der Waals surface area contributed by atoms with Crippen LogP contribution in [0.1, 0.15) is 80.1 Å². The Morgan fingerprint density at radius 3 is 2.51 bits per heavy atom. The van der Waals surface area contributed by atoms with E-state index in [-0.39, 0.29) is 41.7 Å². The Balaban J connectivity index is 1.86. The Kier molecular flexibility index (Phi) is 8.73. The van der Waals surface area contributed by atoms with Crippen molar-refractivity contribution in [2.45, 2.75) is 110 Å². The van der Waals surface area contributed by atoms with Crippen molar-refractivity contribution in [1.29, 1.82) is 0 Å². The van der Waals surface area contributed by atoms with Crippen molar-refractivity contribution in [3.63, 3.8) is 0 Å². The Labute approximate surface area is 209 Å². The summed E-state index contributed by atoms with van der Waals surface area (Å²) in [5.41, 5.74) is -0.749. The fraction of sp³-hybridized carbons (Fsp3) is 0.885. The van der Waals surface area contributed by atoms with Crippen LogP contribution in [0.15, 0.2) is 0 Å². The van der Waals surface area contributed by atoms with E-state index in [1.54, 1.807) is 32.6 Å². The van der Waals surface area contributed by atoms with Gasteiger partial charge in [-0.2, -0.15) is 0 Å². The summed E-state index contributed by atoms with van der Waals surface area (Å²) in [6.45, 7) is 12.1. The van der Waals surface area contributed by atoms with Gasteiger partial charge in [-0.3, -0.25) is 9.59 Å². The van der Waals surface area contributed by atoms with Gasteiger partial charge >= 0.3 is 6.09 Å². The average molecular weight is 496 g/mol. The summed E-state index contributed by atoms with van der Waals surface area (Å²) < 4.78 is 11.4. The Hall–Kier alpha value is -1.87. The molecule has 0 radical (unpaired) electrons. The van der Waals surface area contributed by atoms with Crippen LogP contribution in [0.3, 0.4) is 0 Å². The molecule has 0 unspecified atom stereocenters. The largest absolute Gasteiger partial charge is 0.444 e. The van der Waals surface area contributed by atoms with E-state index in [2.05, 4.69) is 24.5 Å². The zero-order valence-electron chi connectivity index (χ0n) is 22.3. The van der Waals surface area contributed by atoms with Crippen molar-refractivity contribution in [3.05, 3.63) is 0 Å². The number of hydrogen-bond acceptors (Lipinski definition) is 6. The first-order valence-electron chi connectivity index (χ1n) is 13.2. The van der Waals surface area contributed by atoms with E-state index in [0.717, 1.165) is 32.1 Å². The highest BCUT2D eigenvalue weighted by molar-refractivity contribution is 5.93. The first-order valence-corrected chi connectivity index (χ1v) is 13.2. The summed E-state index contributed by atoms with van der Waals surface area (Å²) in [6, 6.07) is -1.94. The van der Waals surface area contributed by atoms with Crippen molar-refractivity contribution >= 4 is 17.9 Å². The summed E-state index contributed by atoms with van der Waals surface area (Å²) >= 11 is 0. The van der Waals surface area contributed by atoms with Crippen molar-refractivity contribution in [1.82, 2.24) is 15.5 Å². The van der Waals surface area contributed by atoms with Gasteiger partial charge in [0.25, 0.3) is 0 Å². The molecule has 1 saturated carbocycles. The van der Waals surface area contributed by atoms with Gasteiger partial charge in [0.05, 0.1) is 18.8 Å². The van der Waals surface area contributed by atoms with Gasteiger partial charge in [0.15, 0.2) is 0 Å². The Morgan fingerprint density at radius 1 is 1.20 bits per heavy atom. The van der Waals surface area contributed by atoms with Crippen LogP contribution >= 0.6 is 0 Å². The number of alkyl carbamates (subject to hydrolysis) is 1. The number of piperidine rings is 1. The van der Waals surface area contributed by atoms with Crippen LogP contribution in [0.25, 0.3) is 0 Å². The van der Waals surface area contributed by atoms with Crippen LogP contribution in [0.2, 0.25) is 0 Å². The molecule has 3 amide bonds. The van der Waals surface area contributed by atoms with Crippen LogP contribution in [-0.4, -0.2) is 77.5 Å². The first-order chi connectivity index (χ1) is 16.4. The molecule has 3 aliphatic rings. The maximum absolute atomic E-state index is 13.9. The predicted molar refractivity (Wildman–Crippen MR) is 132 cm³/mol. The lowest BCUT2D eigenvalue weighted by atomic mass is 9.98. The van der Waals surface area contributed by atoms with E-state index in [1.807, 2.05) is 0 Å². The molecule has 35 heavy (non-hydrogen) atoms. The molecule has 3 rings (SSSR count). The van der Waals surface area contributed by atoms with Crippen molar-refractivity contribution in [2.24, 2.45) is 17.3 Å².